The van der Waals surface area contributed by atoms with Crippen molar-refractivity contribution in [1.82, 2.24) is 20.1 Å². The van der Waals surface area contributed by atoms with Crippen molar-refractivity contribution in [2.24, 2.45) is 5.92 Å². The molecule has 0 saturated carbocycles. The van der Waals surface area contributed by atoms with Crippen molar-refractivity contribution in [3.8, 4) is 0 Å². The summed E-state index contributed by atoms with van der Waals surface area (Å²) in [7, 11) is 0. The Hall–Kier alpha value is -1.65. The van der Waals surface area contributed by atoms with Crippen LogP contribution < -0.4 is 5.32 Å². The first-order valence-electron chi connectivity index (χ1n) is 8.12. The number of aromatic nitrogens is 3. The number of hydrogen-bond donors (Lipinski definition) is 1. The number of nitrogens with one attached hydrogen (secondary N) is 1. The van der Waals surface area contributed by atoms with E-state index in [1.807, 2.05) is 6.92 Å². The van der Waals surface area contributed by atoms with Gasteiger partial charge in [0.2, 0.25) is 5.91 Å². The number of allylic oxidation sites excluding steroid dienone is 2. The Labute approximate surface area is 125 Å². The van der Waals surface area contributed by atoms with Gasteiger partial charge in [-0.3, -0.25) is 4.79 Å². The monoisotopic (exact) mass is 288 g/mol. The molecule has 0 unspecified atom stereocenters. The Morgan fingerprint density at radius 2 is 2.33 bits per heavy atom. The largest absolute Gasteiger partial charge is 0.346 e. The summed E-state index contributed by atoms with van der Waals surface area (Å²) in [6.07, 6.45) is 11.7. The van der Waals surface area contributed by atoms with Gasteiger partial charge in [0.25, 0.3) is 0 Å². The second kappa shape index (κ2) is 6.41. The molecule has 1 aromatic heterocycles. The molecule has 1 aliphatic carbocycles. The summed E-state index contributed by atoms with van der Waals surface area (Å²) in [5, 5.41) is 11.7. The van der Waals surface area contributed by atoms with E-state index in [4.69, 9.17) is 0 Å². The van der Waals surface area contributed by atoms with Crippen molar-refractivity contribution in [1.29, 1.82) is 0 Å². The smallest absolute Gasteiger partial charge is 0.221 e. The summed E-state index contributed by atoms with van der Waals surface area (Å²) in [5.74, 6) is 2.50. The van der Waals surface area contributed by atoms with Crippen LogP contribution in [0.2, 0.25) is 0 Å². The molecule has 0 spiro atoms. The number of hydrogen-bond acceptors (Lipinski definition) is 3. The third kappa shape index (κ3) is 3.34. The number of aryl methyl sites for hydroxylation is 1. The standard InChI is InChI=1S/C16H24N4O/c1-12(17-15(21)11-13-7-4-5-8-13)16-19-18-14-9-3-2-6-10-20(14)16/h4,7,12-13H,2-3,5-6,8-11H2,1H3,(H,17,21)/t12-,13-/m1/s1. The van der Waals surface area contributed by atoms with E-state index >= 15 is 0 Å². The van der Waals surface area contributed by atoms with E-state index in [1.165, 1.54) is 19.3 Å². The number of nitrogens with zero attached hydrogens (tertiary/aromatic N) is 3. The Morgan fingerprint density at radius 1 is 1.43 bits per heavy atom. The van der Waals surface area contributed by atoms with Crippen LogP contribution >= 0.6 is 0 Å². The second-order valence-electron chi connectivity index (χ2n) is 6.20. The Bertz CT molecular complexity index is 534. The van der Waals surface area contributed by atoms with Crippen molar-refractivity contribution in [2.45, 2.75) is 64.5 Å². The zero-order valence-electron chi connectivity index (χ0n) is 12.7. The van der Waals surface area contributed by atoms with Crippen molar-refractivity contribution < 1.29 is 4.79 Å². The predicted octanol–water partition coefficient (Wildman–Crippen LogP) is 2.54. The quantitative estimate of drug-likeness (QED) is 0.866. The van der Waals surface area contributed by atoms with Crippen LogP contribution in [0.5, 0.6) is 0 Å². The fourth-order valence-electron chi connectivity index (χ4n) is 3.30. The van der Waals surface area contributed by atoms with Gasteiger partial charge in [-0.2, -0.15) is 0 Å². The zero-order chi connectivity index (χ0) is 14.7. The lowest BCUT2D eigenvalue weighted by Gasteiger charge is -2.16. The molecule has 5 heteroatoms. The molecule has 1 amide bonds. The van der Waals surface area contributed by atoms with E-state index in [0.717, 1.165) is 37.5 Å². The van der Waals surface area contributed by atoms with Gasteiger partial charge in [0.15, 0.2) is 5.82 Å². The van der Waals surface area contributed by atoms with Gasteiger partial charge in [-0.1, -0.05) is 18.6 Å². The van der Waals surface area contributed by atoms with E-state index in [0.29, 0.717) is 12.3 Å². The van der Waals surface area contributed by atoms with Gasteiger partial charge < -0.3 is 9.88 Å². The molecule has 1 aliphatic heterocycles. The minimum atomic E-state index is -0.0674. The number of carbonyl (C=O) groups excluding carboxylic acids is 1. The summed E-state index contributed by atoms with van der Waals surface area (Å²) in [5.41, 5.74) is 0. The molecular formula is C16H24N4O. The molecule has 1 N–H and O–H groups in total. The maximum Gasteiger partial charge on any atom is 0.221 e. The van der Waals surface area contributed by atoms with E-state index in [1.54, 1.807) is 0 Å². The van der Waals surface area contributed by atoms with E-state index in [-0.39, 0.29) is 11.9 Å². The van der Waals surface area contributed by atoms with Crippen LogP contribution in [-0.2, 0) is 17.8 Å². The number of carbonyl (C=O) groups is 1. The first-order valence-corrected chi connectivity index (χ1v) is 8.12. The van der Waals surface area contributed by atoms with Crippen molar-refractivity contribution >= 4 is 5.91 Å². The van der Waals surface area contributed by atoms with E-state index in [2.05, 4.69) is 32.2 Å². The zero-order valence-corrected chi connectivity index (χ0v) is 12.7. The first kappa shape index (κ1) is 14.3. The minimum absolute atomic E-state index is 0.0674. The fraction of sp³-hybridized carbons (Fsp3) is 0.688. The summed E-state index contributed by atoms with van der Waals surface area (Å²) < 4.78 is 2.20. The lowest BCUT2D eigenvalue weighted by Crippen LogP contribution is -2.30. The number of amides is 1. The molecule has 0 fully saturated rings. The summed E-state index contributed by atoms with van der Waals surface area (Å²) in [4.78, 5) is 12.1. The third-order valence-corrected chi connectivity index (χ3v) is 4.46. The predicted molar refractivity (Wildman–Crippen MR) is 80.6 cm³/mol. The molecule has 21 heavy (non-hydrogen) atoms. The highest BCUT2D eigenvalue weighted by atomic mass is 16.1. The van der Waals surface area contributed by atoms with Crippen LogP contribution in [0.3, 0.4) is 0 Å². The number of fused-ring (bicyclic) bond motifs is 1. The fourth-order valence-corrected chi connectivity index (χ4v) is 3.30. The lowest BCUT2D eigenvalue weighted by molar-refractivity contribution is -0.122. The SMILES string of the molecule is C[C@@H](NC(=O)C[C@@H]1C=CCC1)c1nnc2n1CCCCC2. The highest BCUT2D eigenvalue weighted by Gasteiger charge is 2.21. The molecule has 2 atom stereocenters. The maximum absolute atomic E-state index is 12.1. The normalized spacial score (nSPS) is 22.6. The maximum atomic E-state index is 12.1. The minimum Gasteiger partial charge on any atom is -0.346 e. The van der Waals surface area contributed by atoms with E-state index < -0.39 is 0 Å². The summed E-state index contributed by atoms with van der Waals surface area (Å²) in [6.45, 7) is 2.98. The average Bonchev–Trinajstić information content (AvgIpc) is 3.04. The Kier molecular flexibility index (Phi) is 4.36. The van der Waals surface area contributed by atoms with Gasteiger partial charge in [-0.05, 0) is 38.5 Å². The van der Waals surface area contributed by atoms with Crippen LogP contribution in [0.1, 0.15) is 63.1 Å². The van der Waals surface area contributed by atoms with Crippen LogP contribution in [0.4, 0.5) is 0 Å². The van der Waals surface area contributed by atoms with Crippen LogP contribution in [-0.4, -0.2) is 20.7 Å². The molecule has 0 aromatic carbocycles. The molecule has 0 saturated heterocycles. The van der Waals surface area contributed by atoms with Crippen molar-refractivity contribution in [2.75, 3.05) is 0 Å². The second-order valence-corrected chi connectivity index (χ2v) is 6.20. The summed E-state index contributed by atoms with van der Waals surface area (Å²) >= 11 is 0. The molecule has 5 nitrogen and oxygen atoms in total. The van der Waals surface area contributed by atoms with Gasteiger partial charge in [-0.25, -0.2) is 0 Å². The first-order chi connectivity index (χ1) is 10.2. The highest BCUT2D eigenvalue weighted by molar-refractivity contribution is 5.76. The summed E-state index contributed by atoms with van der Waals surface area (Å²) in [6, 6.07) is -0.0674. The molecule has 0 bridgehead atoms. The van der Waals surface area contributed by atoms with Gasteiger partial charge in [0.1, 0.15) is 5.82 Å². The van der Waals surface area contributed by atoms with Gasteiger partial charge in [0.05, 0.1) is 6.04 Å². The molecular weight excluding hydrogens is 264 g/mol. The Morgan fingerprint density at radius 3 is 3.14 bits per heavy atom. The van der Waals surface area contributed by atoms with Crippen LogP contribution in [0, 0.1) is 5.92 Å². The van der Waals surface area contributed by atoms with Gasteiger partial charge in [-0.15, -0.1) is 10.2 Å². The highest BCUT2D eigenvalue weighted by Crippen LogP contribution is 2.22. The molecule has 2 heterocycles. The molecule has 114 valence electrons. The van der Waals surface area contributed by atoms with Crippen LogP contribution in [0.25, 0.3) is 0 Å². The molecule has 0 radical (unpaired) electrons. The van der Waals surface area contributed by atoms with Crippen molar-refractivity contribution in [3.63, 3.8) is 0 Å². The van der Waals surface area contributed by atoms with Crippen LogP contribution in [0.15, 0.2) is 12.2 Å². The average molecular weight is 288 g/mol. The number of rotatable bonds is 4. The molecule has 2 aliphatic rings. The molecule has 3 rings (SSSR count). The topological polar surface area (TPSA) is 59.8 Å². The lowest BCUT2D eigenvalue weighted by atomic mass is 10.0. The van der Waals surface area contributed by atoms with Gasteiger partial charge >= 0.3 is 0 Å². The van der Waals surface area contributed by atoms with Gasteiger partial charge in [0, 0.05) is 19.4 Å². The van der Waals surface area contributed by atoms with E-state index in [9.17, 15) is 4.79 Å². The Balaban J connectivity index is 1.62. The molecule has 1 aromatic rings. The van der Waals surface area contributed by atoms with Crippen molar-refractivity contribution in [3.05, 3.63) is 23.8 Å². The third-order valence-electron chi connectivity index (χ3n) is 4.46.